The van der Waals surface area contributed by atoms with Crippen LogP contribution in [0.1, 0.15) is 0 Å². The quantitative estimate of drug-likeness (QED) is 0.451. The van der Waals surface area contributed by atoms with Crippen LogP contribution in [0.25, 0.3) is 0 Å². The highest BCUT2D eigenvalue weighted by Gasteiger charge is 1.86. The number of rotatable bonds is 0. The molecule has 2 N–H and O–H groups in total. The van der Waals surface area contributed by atoms with Crippen LogP contribution in [0.2, 0.25) is 0 Å². The Labute approximate surface area is 47.8 Å². The molecule has 1 heterocycles. The fourth-order valence-electron chi connectivity index (χ4n) is 0.439. The van der Waals surface area contributed by atoms with Gasteiger partial charge in [0.1, 0.15) is 0 Å². The molecular weight excluding hydrogens is 102 g/mol. The molecule has 1 aliphatic heterocycles. The molecule has 8 heavy (non-hydrogen) atoms. The van der Waals surface area contributed by atoms with Crippen molar-refractivity contribution in [2.45, 2.75) is 0 Å². The monoisotopic (exact) mass is 108 g/mol. The molecule has 0 aromatic carbocycles. The second-order valence-electron chi connectivity index (χ2n) is 1.40. The molecule has 2 nitrogen and oxygen atoms in total. The van der Waals surface area contributed by atoms with E-state index in [1.807, 2.05) is 0 Å². The first kappa shape index (κ1) is 4.97. The van der Waals surface area contributed by atoms with Crippen LogP contribution in [-0.4, -0.2) is 5.11 Å². The zero-order valence-electron chi connectivity index (χ0n) is 4.26. The summed E-state index contributed by atoms with van der Waals surface area (Å²) in [5, 5.41) is 11.1. The van der Waals surface area contributed by atoms with Gasteiger partial charge >= 0.3 is 0 Å². The van der Waals surface area contributed by atoms with Crippen LogP contribution < -0.4 is 5.32 Å². The molecule has 0 amide bonds. The van der Waals surface area contributed by atoms with E-state index >= 15 is 0 Å². The van der Waals surface area contributed by atoms with Gasteiger partial charge in [-0.1, -0.05) is 0 Å². The summed E-state index contributed by atoms with van der Waals surface area (Å²) in [6.07, 6.45) is 8.82. The van der Waals surface area contributed by atoms with Gasteiger partial charge in [0.15, 0.2) is 0 Å². The summed E-state index contributed by atoms with van der Waals surface area (Å²) in [5.74, 6) is 0. The van der Waals surface area contributed by atoms with E-state index in [0.717, 1.165) is 11.8 Å². The van der Waals surface area contributed by atoms with Gasteiger partial charge in [-0.05, 0) is 12.2 Å². The minimum Gasteiger partial charge on any atom is -0.515 e. The molecule has 0 aromatic rings. The van der Waals surface area contributed by atoms with E-state index in [1.165, 1.54) is 0 Å². The van der Waals surface area contributed by atoms with Gasteiger partial charge < -0.3 is 10.4 Å². The SMILES string of the molecule is O/C=C1/C=[C]NC=C1. The van der Waals surface area contributed by atoms with Crippen LogP contribution in [0.3, 0.4) is 0 Å². The van der Waals surface area contributed by atoms with Crippen molar-refractivity contribution in [3.8, 4) is 0 Å². The van der Waals surface area contributed by atoms with Crippen molar-refractivity contribution in [2.24, 2.45) is 0 Å². The Morgan fingerprint density at radius 3 is 3.00 bits per heavy atom. The van der Waals surface area contributed by atoms with Crippen LogP contribution in [0, 0.1) is 6.20 Å². The lowest BCUT2D eigenvalue weighted by Gasteiger charge is -1.96. The first-order chi connectivity index (χ1) is 3.93. The Balaban J connectivity index is 2.69. The molecule has 0 spiro atoms. The summed E-state index contributed by atoms with van der Waals surface area (Å²) in [5.41, 5.74) is 0.753. The Kier molecular flexibility index (Phi) is 1.37. The van der Waals surface area contributed by atoms with Crippen molar-refractivity contribution in [1.29, 1.82) is 0 Å². The van der Waals surface area contributed by atoms with Gasteiger partial charge in [0.2, 0.25) is 0 Å². The molecule has 0 unspecified atom stereocenters. The molecule has 0 aromatic heterocycles. The van der Waals surface area contributed by atoms with Crippen LogP contribution in [-0.2, 0) is 0 Å². The number of dihydropyridines is 1. The third-order valence-electron chi connectivity index (χ3n) is 0.830. The van der Waals surface area contributed by atoms with E-state index in [2.05, 4.69) is 11.5 Å². The molecule has 0 fully saturated rings. The Morgan fingerprint density at radius 2 is 2.62 bits per heavy atom. The van der Waals surface area contributed by atoms with Gasteiger partial charge in [0.05, 0.1) is 12.5 Å². The minimum absolute atomic E-state index is 0.753. The molecule has 0 saturated heterocycles. The smallest absolute Gasteiger partial charge is 0.0865 e. The molecule has 41 valence electrons. The van der Waals surface area contributed by atoms with Crippen molar-refractivity contribution in [3.63, 3.8) is 0 Å². The largest absolute Gasteiger partial charge is 0.515 e. The topological polar surface area (TPSA) is 32.3 Å². The summed E-state index contributed by atoms with van der Waals surface area (Å²) in [6, 6.07) is 0. The Morgan fingerprint density at radius 1 is 1.75 bits per heavy atom. The summed E-state index contributed by atoms with van der Waals surface area (Å²) in [4.78, 5) is 0. The summed E-state index contributed by atoms with van der Waals surface area (Å²) in [7, 11) is 0. The molecule has 0 bridgehead atoms. The predicted molar refractivity (Wildman–Crippen MR) is 30.8 cm³/mol. The molecule has 1 rings (SSSR count). The van der Waals surface area contributed by atoms with E-state index in [-0.39, 0.29) is 0 Å². The summed E-state index contributed by atoms with van der Waals surface area (Å²) in [6.45, 7) is 0. The van der Waals surface area contributed by atoms with Crippen LogP contribution in [0.5, 0.6) is 0 Å². The first-order valence-electron chi connectivity index (χ1n) is 2.28. The maximum atomic E-state index is 8.38. The molecule has 1 radical (unpaired) electrons. The zero-order valence-corrected chi connectivity index (χ0v) is 4.26. The second-order valence-corrected chi connectivity index (χ2v) is 1.40. The molecule has 1 aliphatic rings. The highest BCUT2D eigenvalue weighted by Crippen LogP contribution is 1.98. The minimum atomic E-state index is 0.753. The highest BCUT2D eigenvalue weighted by atomic mass is 16.2. The van der Waals surface area contributed by atoms with E-state index in [9.17, 15) is 0 Å². The van der Waals surface area contributed by atoms with Crippen molar-refractivity contribution in [3.05, 3.63) is 36.4 Å². The summed E-state index contributed by atoms with van der Waals surface area (Å²) < 4.78 is 0. The number of aliphatic hydroxyl groups excluding tert-OH is 1. The number of nitrogens with one attached hydrogen (secondary N) is 1. The maximum absolute atomic E-state index is 8.38. The lowest BCUT2D eigenvalue weighted by molar-refractivity contribution is 0.470. The summed E-state index contributed by atoms with van der Waals surface area (Å²) >= 11 is 0. The maximum Gasteiger partial charge on any atom is 0.0865 e. The second kappa shape index (κ2) is 2.21. The van der Waals surface area contributed by atoms with E-state index in [1.54, 1.807) is 18.4 Å². The molecular formula is C6H6NO. The van der Waals surface area contributed by atoms with Crippen LogP contribution >= 0.6 is 0 Å². The average molecular weight is 108 g/mol. The number of hydrogen-bond donors (Lipinski definition) is 2. The Hall–Kier alpha value is -1.18. The van der Waals surface area contributed by atoms with E-state index < -0.39 is 0 Å². The number of allylic oxidation sites excluding steroid dienone is 3. The van der Waals surface area contributed by atoms with Gasteiger partial charge in [-0.3, -0.25) is 0 Å². The van der Waals surface area contributed by atoms with Gasteiger partial charge in [-0.25, -0.2) is 0 Å². The molecule has 0 saturated carbocycles. The predicted octanol–water partition coefficient (Wildman–Crippen LogP) is 0.862. The van der Waals surface area contributed by atoms with Crippen LogP contribution in [0.4, 0.5) is 0 Å². The lowest BCUT2D eigenvalue weighted by Crippen LogP contribution is -1.97. The third-order valence-corrected chi connectivity index (χ3v) is 0.830. The molecule has 0 atom stereocenters. The zero-order chi connectivity index (χ0) is 5.82. The van der Waals surface area contributed by atoms with Gasteiger partial charge in [-0.2, -0.15) is 0 Å². The van der Waals surface area contributed by atoms with E-state index in [0.29, 0.717) is 0 Å². The average Bonchev–Trinajstić information content (AvgIpc) is 1.90. The third kappa shape index (κ3) is 0.904. The Bertz CT molecular complexity index is 142. The number of hydrogen-bond acceptors (Lipinski definition) is 2. The molecule has 2 heteroatoms. The highest BCUT2D eigenvalue weighted by molar-refractivity contribution is 5.29. The first-order valence-corrected chi connectivity index (χ1v) is 2.28. The van der Waals surface area contributed by atoms with Crippen LogP contribution in [0.15, 0.2) is 30.2 Å². The lowest BCUT2D eigenvalue weighted by atomic mass is 10.2. The fourth-order valence-corrected chi connectivity index (χ4v) is 0.439. The van der Waals surface area contributed by atoms with E-state index in [4.69, 9.17) is 5.11 Å². The van der Waals surface area contributed by atoms with Crippen molar-refractivity contribution in [1.82, 2.24) is 5.32 Å². The standard InChI is InChI=1S/C6H6NO/c8-5-6-1-3-7-4-2-6/h1-3,5,7-8H/b6-5+. The number of aliphatic hydroxyl groups is 1. The fraction of sp³-hybridized carbons (Fsp3) is 0. The van der Waals surface area contributed by atoms with Gasteiger partial charge in [-0.15, -0.1) is 0 Å². The molecule has 0 aliphatic carbocycles. The van der Waals surface area contributed by atoms with Crippen molar-refractivity contribution in [2.75, 3.05) is 0 Å². The van der Waals surface area contributed by atoms with Gasteiger partial charge in [0.25, 0.3) is 0 Å². The van der Waals surface area contributed by atoms with Gasteiger partial charge in [0, 0.05) is 11.8 Å². The normalized spacial score (nSPS) is 21.2. The van der Waals surface area contributed by atoms with Crippen molar-refractivity contribution >= 4 is 0 Å². The van der Waals surface area contributed by atoms with Crippen molar-refractivity contribution < 1.29 is 5.11 Å².